The molecule has 0 saturated heterocycles. The molecule has 3 nitrogen and oxygen atoms in total. The molecule has 1 heterocycles. The van der Waals surface area contributed by atoms with E-state index < -0.39 is 5.97 Å². The summed E-state index contributed by atoms with van der Waals surface area (Å²) in [6.07, 6.45) is 2.48. The van der Waals surface area contributed by atoms with Crippen LogP contribution in [0.15, 0.2) is 18.2 Å². The van der Waals surface area contributed by atoms with Crippen LogP contribution in [0.5, 0.6) is 0 Å². The zero-order valence-corrected chi connectivity index (χ0v) is 10.2. The van der Waals surface area contributed by atoms with Crippen molar-refractivity contribution in [2.45, 2.75) is 26.2 Å². The topological polar surface area (TPSA) is 50.2 Å². The Morgan fingerprint density at radius 3 is 2.50 bits per heavy atom. The molecule has 1 N–H and O–H groups in total. The molecule has 0 aliphatic heterocycles. The summed E-state index contributed by atoms with van der Waals surface area (Å²) in [4.78, 5) is 14.6. The SMILES string of the molecule is CC(C)(C)c1ccc(C=CC(=O)O)c(Cl)n1. The monoisotopic (exact) mass is 239 g/mol. The lowest BCUT2D eigenvalue weighted by Crippen LogP contribution is -2.13. The molecule has 0 spiro atoms. The van der Waals surface area contributed by atoms with Gasteiger partial charge in [-0.05, 0) is 12.1 Å². The number of aliphatic carboxylic acids is 1. The van der Waals surface area contributed by atoms with Crippen molar-refractivity contribution >= 4 is 23.6 Å². The minimum absolute atomic E-state index is 0.0708. The summed E-state index contributed by atoms with van der Waals surface area (Å²) >= 11 is 5.96. The van der Waals surface area contributed by atoms with E-state index in [4.69, 9.17) is 16.7 Å². The van der Waals surface area contributed by atoms with Crippen LogP contribution in [0.1, 0.15) is 32.0 Å². The van der Waals surface area contributed by atoms with Gasteiger partial charge in [-0.15, -0.1) is 0 Å². The molecule has 86 valence electrons. The second-order valence-corrected chi connectivity index (χ2v) is 4.86. The van der Waals surface area contributed by atoms with Gasteiger partial charge in [-0.2, -0.15) is 0 Å². The Kier molecular flexibility index (Phi) is 3.70. The average molecular weight is 240 g/mol. The fraction of sp³-hybridized carbons (Fsp3) is 0.333. The first-order valence-corrected chi connectivity index (χ1v) is 5.26. The average Bonchev–Trinajstić information content (AvgIpc) is 2.14. The van der Waals surface area contributed by atoms with Crippen molar-refractivity contribution in [3.8, 4) is 0 Å². The summed E-state index contributed by atoms with van der Waals surface area (Å²) < 4.78 is 0. The van der Waals surface area contributed by atoms with E-state index in [9.17, 15) is 4.79 Å². The summed E-state index contributed by atoms with van der Waals surface area (Å²) in [7, 11) is 0. The number of hydrogen-bond donors (Lipinski definition) is 1. The number of pyridine rings is 1. The molecule has 0 aliphatic rings. The number of halogens is 1. The second kappa shape index (κ2) is 4.66. The van der Waals surface area contributed by atoms with Gasteiger partial charge in [0.25, 0.3) is 0 Å². The predicted molar refractivity (Wildman–Crippen MR) is 64.6 cm³/mol. The summed E-state index contributed by atoms with van der Waals surface area (Å²) in [6.45, 7) is 6.12. The quantitative estimate of drug-likeness (QED) is 0.637. The highest BCUT2D eigenvalue weighted by atomic mass is 35.5. The smallest absolute Gasteiger partial charge is 0.328 e. The summed E-state index contributed by atoms with van der Waals surface area (Å²) in [5, 5.41) is 8.82. The molecule has 0 bridgehead atoms. The van der Waals surface area contributed by atoms with E-state index in [2.05, 4.69) is 4.98 Å². The van der Waals surface area contributed by atoms with E-state index in [0.29, 0.717) is 10.7 Å². The lowest BCUT2D eigenvalue weighted by molar-refractivity contribution is -0.131. The predicted octanol–water partition coefficient (Wildman–Crippen LogP) is 3.13. The molecule has 0 radical (unpaired) electrons. The van der Waals surface area contributed by atoms with Crippen LogP contribution in [0.2, 0.25) is 5.15 Å². The Balaban J connectivity index is 3.05. The van der Waals surface area contributed by atoms with Crippen molar-refractivity contribution < 1.29 is 9.90 Å². The van der Waals surface area contributed by atoms with Crippen molar-refractivity contribution in [2.24, 2.45) is 0 Å². The number of nitrogens with zero attached hydrogens (tertiary/aromatic N) is 1. The van der Waals surface area contributed by atoms with E-state index in [0.717, 1.165) is 11.8 Å². The molecule has 0 amide bonds. The molecular formula is C12H14ClNO2. The normalized spacial score (nSPS) is 12.0. The highest BCUT2D eigenvalue weighted by Gasteiger charge is 2.16. The van der Waals surface area contributed by atoms with Gasteiger partial charge in [0.15, 0.2) is 0 Å². The number of carbonyl (C=O) groups is 1. The zero-order chi connectivity index (χ0) is 12.3. The molecule has 0 aromatic carbocycles. The maximum Gasteiger partial charge on any atom is 0.328 e. The van der Waals surface area contributed by atoms with Crippen LogP contribution in [0, 0.1) is 0 Å². The van der Waals surface area contributed by atoms with Crippen molar-refractivity contribution in [3.63, 3.8) is 0 Å². The number of rotatable bonds is 2. The second-order valence-electron chi connectivity index (χ2n) is 4.50. The van der Waals surface area contributed by atoms with E-state index in [1.165, 1.54) is 6.08 Å². The number of carboxylic acid groups (broad SMARTS) is 1. The minimum Gasteiger partial charge on any atom is -0.478 e. The van der Waals surface area contributed by atoms with E-state index in [1.807, 2.05) is 26.8 Å². The van der Waals surface area contributed by atoms with Gasteiger partial charge in [-0.25, -0.2) is 9.78 Å². The highest BCUT2D eigenvalue weighted by Crippen LogP contribution is 2.24. The van der Waals surface area contributed by atoms with Gasteiger partial charge in [-0.1, -0.05) is 38.4 Å². The van der Waals surface area contributed by atoms with Gasteiger partial charge in [0.05, 0.1) is 0 Å². The van der Waals surface area contributed by atoms with Crippen LogP contribution in [0.3, 0.4) is 0 Å². The molecular weight excluding hydrogens is 226 g/mol. The fourth-order valence-corrected chi connectivity index (χ4v) is 1.37. The Bertz CT molecular complexity index is 433. The van der Waals surface area contributed by atoms with Crippen molar-refractivity contribution in [2.75, 3.05) is 0 Å². The first-order valence-electron chi connectivity index (χ1n) is 4.89. The van der Waals surface area contributed by atoms with E-state index in [-0.39, 0.29) is 5.41 Å². The van der Waals surface area contributed by atoms with Gasteiger partial charge in [-0.3, -0.25) is 0 Å². The van der Waals surface area contributed by atoms with Crippen LogP contribution >= 0.6 is 11.6 Å². The van der Waals surface area contributed by atoms with Crippen LogP contribution in [-0.4, -0.2) is 16.1 Å². The van der Waals surface area contributed by atoms with Gasteiger partial charge in [0, 0.05) is 22.7 Å². The van der Waals surface area contributed by atoms with Crippen LogP contribution in [0.4, 0.5) is 0 Å². The maximum absolute atomic E-state index is 10.4. The van der Waals surface area contributed by atoms with E-state index >= 15 is 0 Å². The molecule has 0 aliphatic carbocycles. The Morgan fingerprint density at radius 2 is 2.06 bits per heavy atom. The minimum atomic E-state index is -1.00. The molecule has 4 heteroatoms. The van der Waals surface area contributed by atoms with Gasteiger partial charge in [0.1, 0.15) is 5.15 Å². The Hall–Kier alpha value is -1.35. The molecule has 16 heavy (non-hydrogen) atoms. The summed E-state index contributed by atoms with van der Waals surface area (Å²) in [5.41, 5.74) is 1.42. The van der Waals surface area contributed by atoms with Crippen molar-refractivity contribution in [1.82, 2.24) is 4.98 Å². The van der Waals surface area contributed by atoms with Gasteiger partial charge < -0.3 is 5.11 Å². The fourth-order valence-electron chi connectivity index (χ4n) is 1.15. The summed E-state index contributed by atoms with van der Waals surface area (Å²) in [6, 6.07) is 3.63. The van der Waals surface area contributed by atoms with Crippen LogP contribution in [-0.2, 0) is 10.2 Å². The molecule has 1 aromatic heterocycles. The summed E-state index contributed by atoms with van der Waals surface area (Å²) in [5.74, 6) is -1.00. The first kappa shape index (κ1) is 12.7. The van der Waals surface area contributed by atoms with Gasteiger partial charge >= 0.3 is 5.97 Å². The molecule has 1 aromatic rings. The van der Waals surface area contributed by atoms with Crippen molar-refractivity contribution in [3.05, 3.63) is 34.6 Å². The third kappa shape index (κ3) is 3.35. The number of hydrogen-bond acceptors (Lipinski definition) is 2. The Labute approximate surface area is 99.8 Å². The standard InChI is InChI=1S/C12H14ClNO2/c1-12(2,3)9-6-4-8(11(13)14-9)5-7-10(15)16/h4-7H,1-3H3,(H,15,16). The molecule has 0 unspecified atom stereocenters. The molecule has 0 saturated carbocycles. The number of carboxylic acids is 1. The zero-order valence-electron chi connectivity index (χ0n) is 9.49. The van der Waals surface area contributed by atoms with Crippen LogP contribution in [0.25, 0.3) is 6.08 Å². The molecule has 0 fully saturated rings. The third-order valence-electron chi connectivity index (χ3n) is 2.05. The maximum atomic E-state index is 10.4. The first-order chi connectivity index (χ1) is 7.30. The molecule has 0 atom stereocenters. The van der Waals surface area contributed by atoms with Crippen molar-refractivity contribution in [1.29, 1.82) is 0 Å². The highest BCUT2D eigenvalue weighted by molar-refractivity contribution is 6.30. The van der Waals surface area contributed by atoms with E-state index in [1.54, 1.807) is 6.07 Å². The molecule has 1 rings (SSSR count). The largest absolute Gasteiger partial charge is 0.478 e. The van der Waals surface area contributed by atoms with Crippen LogP contribution < -0.4 is 0 Å². The number of aromatic nitrogens is 1. The lowest BCUT2D eigenvalue weighted by Gasteiger charge is -2.18. The lowest BCUT2D eigenvalue weighted by atomic mass is 9.91. The Morgan fingerprint density at radius 1 is 1.44 bits per heavy atom. The third-order valence-corrected chi connectivity index (χ3v) is 2.35. The van der Waals surface area contributed by atoms with Gasteiger partial charge in [0.2, 0.25) is 0 Å².